The first kappa shape index (κ1) is 13.7. The first-order valence-corrected chi connectivity index (χ1v) is 6.49. The number of rotatable bonds is 5. The molecule has 1 heterocycles. The lowest BCUT2D eigenvalue weighted by Crippen LogP contribution is -2.32. The van der Waals surface area contributed by atoms with Gasteiger partial charge in [0.25, 0.3) is 0 Å². The molecule has 0 amide bonds. The van der Waals surface area contributed by atoms with Gasteiger partial charge in [-0.2, -0.15) is 0 Å². The van der Waals surface area contributed by atoms with E-state index in [0.717, 1.165) is 16.3 Å². The summed E-state index contributed by atoms with van der Waals surface area (Å²) in [5.41, 5.74) is 7.71. The summed E-state index contributed by atoms with van der Waals surface area (Å²) in [6.07, 6.45) is 0. The second-order valence-electron chi connectivity index (χ2n) is 4.34. The van der Waals surface area contributed by atoms with E-state index in [-0.39, 0.29) is 0 Å². The number of aromatic nitrogens is 1. The smallest absolute Gasteiger partial charge is 0.189 e. The van der Waals surface area contributed by atoms with Crippen LogP contribution in [0, 0.1) is 0 Å². The summed E-state index contributed by atoms with van der Waals surface area (Å²) in [4.78, 5) is 8.71. The van der Waals surface area contributed by atoms with Gasteiger partial charge in [0.2, 0.25) is 0 Å². The normalized spacial score (nSPS) is 11.9. The fourth-order valence-electron chi connectivity index (χ4n) is 1.12. The molecule has 1 aromatic heterocycles. The molecule has 0 aliphatic heterocycles. The summed E-state index contributed by atoms with van der Waals surface area (Å²) in [6, 6.07) is 0. The number of nitrogens with one attached hydrogen (secondary N) is 1. The molecule has 1 aromatic rings. The monoisotopic (exact) mass is 252 g/mol. The van der Waals surface area contributed by atoms with E-state index < -0.39 is 0 Å². The van der Waals surface area contributed by atoms with Gasteiger partial charge in [0.15, 0.2) is 5.96 Å². The minimum atomic E-state index is 0.437. The van der Waals surface area contributed by atoms with E-state index in [9.17, 15) is 0 Å². The van der Waals surface area contributed by atoms with Crippen LogP contribution in [0.1, 0.15) is 37.4 Å². The first-order chi connectivity index (χ1) is 7.99. The Bertz CT molecular complexity index is 406. The molecule has 4 nitrogen and oxygen atoms in total. The number of nitrogens with two attached hydrogens (primary N) is 1. The van der Waals surface area contributed by atoms with Gasteiger partial charge in [0.05, 0.1) is 17.2 Å². The molecule has 3 N–H and O–H groups in total. The molecule has 5 heteroatoms. The van der Waals surface area contributed by atoms with Crippen LogP contribution < -0.4 is 11.1 Å². The van der Waals surface area contributed by atoms with Crippen molar-refractivity contribution in [1.82, 2.24) is 10.3 Å². The van der Waals surface area contributed by atoms with Gasteiger partial charge in [-0.05, 0) is 6.92 Å². The van der Waals surface area contributed by atoms with Crippen molar-refractivity contribution in [3.63, 3.8) is 0 Å². The van der Waals surface area contributed by atoms with Gasteiger partial charge in [0.1, 0.15) is 0 Å². The minimum Gasteiger partial charge on any atom is -0.370 e. The average molecular weight is 252 g/mol. The molecule has 0 atom stereocenters. The highest BCUT2D eigenvalue weighted by Gasteiger charge is 2.05. The van der Waals surface area contributed by atoms with Crippen molar-refractivity contribution in [3.8, 4) is 0 Å². The second kappa shape index (κ2) is 6.39. The van der Waals surface area contributed by atoms with Gasteiger partial charge in [0, 0.05) is 17.8 Å². The highest BCUT2D eigenvalue weighted by Crippen LogP contribution is 2.19. The highest BCUT2D eigenvalue weighted by molar-refractivity contribution is 7.09. The molecule has 1 rings (SSSR count). The van der Waals surface area contributed by atoms with E-state index in [1.807, 2.05) is 12.3 Å². The Morgan fingerprint density at radius 3 is 2.88 bits per heavy atom. The zero-order valence-electron chi connectivity index (χ0n) is 10.7. The van der Waals surface area contributed by atoms with E-state index in [1.54, 1.807) is 11.3 Å². The number of nitrogens with zero attached hydrogens (tertiary/aromatic N) is 2. The quantitative estimate of drug-likeness (QED) is 0.480. The van der Waals surface area contributed by atoms with Crippen LogP contribution in [0.3, 0.4) is 0 Å². The number of hydrogen-bond donors (Lipinski definition) is 2. The van der Waals surface area contributed by atoms with Crippen molar-refractivity contribution in [3.05, 3.63) is 28.2 Å². The SMILES string of the molecule is C=C(C)CNC(N)=NCc1csc(C(C)C)n1. The van der Waals surface area contributed by atoms with Crippen molar-refractivity contribution in [2.45, 2.75) is 33.2 Å². The fourth-order valence-corrected chi connectivity index (χ4v) is 1.95. The number of guanidine groups is 1. The maximum Gasteiger partial charge on any atom is 0.189 e. The topological polar surface area (TPSA) is 63.3 Å². The van der Waals surface area contributed by atoms with Crippen molar-refractivity contribution in [2.24, 2.45) is 10.7 Å². The third kappa shape index (κ3) is 4.99. The van der Waals surface area contributed by atoms with Crippen LogP contribution in [0.5, 0.6) is 0 Å². The summed E-state index contributed by atoms with van der Waals surface area (Å²) in [7, 11) is 0. The van der Waals surface area contributed by atoms with Crippen molar-refractivity contribution >= 4 is 17.3 Å². The Balaban J connectivity index is 2.47. The fraction of sp³-hybridized carbons (Fsp3) is 0.500. The minimum absolute atomic E-state index is 0.437. The lowest BCUT2D eigenvalue weighted by Gasteiger charge is -2.03. The summed E-state index contributed by atoms with van der Waals surface area (Å²) >= 11 is 1.67. The molecular formula is C12H20N4S. The lowest BCUT2D eigenvalue weighted by atomic mass is 10.2. The third-order valence-electron chi connectivity index (χ3n) is 2.05. The Hall–Kier alpha value is -1.36. The van der Waals surface area contributed by atoms with Crippen molar-refractivity contribution < 1.29 is 0 Å². The van der Waals surface area contributed by atoms with Crippen molar-refractivity contribution in [2.75, 3.05) is 6.54 Å². The van der Waals surface area contributed by atoms with E-state index in [1.165, 1.54) is 0 Å². The Kier molecular flexibility index (Phi) is 5.15. The predicted octanol–water partition coefficient (Wildman–Crippen LogP) is 2.25. The maximum atomic E-state index is 5.71. The third-order valence-corrected chi connectivity index (χ3v) is 3.24. The van der Waals surface area contributed by atoms with Gasteiger partial charge in [-0.15, -0.1) is 11.3 Å². The van der Waals surface area contributed by atoms with Crippen LogP contribution >= 0.6 is 11.3 Å². The molecule has 94 valence electrons. The van der Waals surface area contributed by atoms with E-state index in [4.69, 9.17) is 5.73 Å². The Morgan fingerprint density at radius 2 is 2.35 bits per heavy atom. The predicted molar refractivity (Wildman–Crippen MR) is 74.3 cm³/mol. The molecule has 0 aliphatic rings. The highest BCUT2D eigenvalue weighted by atomic mass is 32.1. The Labute approximate surface area is 107 Å². The summed E-state index contributed by atoms with van der Waals surface area (Å²) in [6.45, 7) is 11.2. The molecule has 0 spiro atoms. The number of hydrogen-bond acceptors (Lipinski definition) is 3. The molecule has 0 fully saturated rings. The van der Waals surface area contributed by atoms with Crippen LogP contribution in [0.15, 0.2) is 22.5 Å². The van der Waals surface area contributed by atoms with Crippen LogP contribution in [0.2, 0.25) is 0 Å². The van der Waals surface area contributed by atoms with Crippen LogP contribution in [-0.2, 0) is 6.54 Å². The molecule has 0 bridgehead atoms. The molecule has 17 heavy (non-hydrogen) atoms. The maximum absolute atomic E-state index is 5.71. The van der Waals surface area contributed by atoms with Gasteiger partial charge in [-0.1, -0.05) is 26.0 Å². The standard InChI is InChI=1S/C12H20N4S/c1-8(2)5-14-12(13)15-6-10-7-17-11(16-10)9(3)4/h7,9H,1,5-6H2,2-4H3,(H3,13,14,15). The van der Waals surface area contributed by atoms with Gasteiger partial charge >= 0.3 is 0 Å². The summed E-state index contributed by atoms with van der Waals surface area (Å²) in [5.74, 6) is 0.906. The average Bonchev–Trinajstić information content (AvgIpc) is 2.72. The Morgan fingerprint density at radius 1 is 1.65 bits per heavy atom. The number of aliphatic imine (C=N–C) groups is 1. The van der Waals surface area contributed by atoms with Gasteiger partial charge in [-0.25, -0.2) is 9.98 Å². The summed E-state index contributed by atoms with van der Waals surface area (Å²) in [5, 5.41) is 6.16. The molecule has 0 aromatic carbocycles. The van der Waals surface area contributed by atoms with E-state index in [0.29, 0.717) is 25.0 Å². The van der Waals surface area contributed by atoms with Crippen LogP contribution in [0.25, 0.3) is 0 Å². The first-order valence-electron chi connectivity index (χ1n) is 5.61. The summed E-state index contributed by atoms with van der Waals surface area (Å²) < 4.78 is 0. The van der Waals surface area contributed by atoms with Crippen LogP contribution in [0.4, 0.5) is 0 Å². The molecule has 0 saturated carbocycles. The molecule has 0 unspecified atom stereocenters. The molecular weight excluding hydrogens is 232 g/mol. The van der Waals surface area contributed by atoms with E-state index >= 15 is 0 Å². The van der Waals surface area contributed by atoms with Crippen molar-refractivity contribution in [1.29, 1.82) is 0 Å². The van der Waals surface area contributed by atoms with Gasteiger partial charge in [-0.3, -0.25) is 0 Å². The molecule has 0 radical (unpaired) electrons. The number of thiazole rings is 1. The van der Waals surface area contributed by atoms with Gasteiger partial charge < -0.3 is 11.1 Å². The zero-order chi connectivity index (χ0) is 12.8. The largest absolute Gasteiger partial charge is 0.370 e. The molecule has 0 saturated heterocycles. The zero-order valence-corrected chi connectivity index (χ0v) is 11.5. The molecule has 0 aliphatic carbocycles. The second-order valence-corrected chi connectivity index (χ2v) is 5.23. The lowest BCUT2D eigenvalue weighted by molar-refractivity contribution is 0.835. The van der Waals surface area contributed by atoms with E-state index in [2.05, 4.69) is 35.7 Å². The van der Waals surface area contributed by atoms with Crippen LogP contribution in [-0.4, -0.2) is 17.5 Å².